The van der Waals surface area contributed by atoms with Crippen molar-refractivity contribution in [2.24, 2.45) is 0 Å². The summed E-state index contributed by atoms with van der Waals surface area (Å²) in [6, 6.07) is 66.5. The Labute approximate surface area is 268 Å². The molecule has 9 aromatic rings. The van der Waals surface area contributed by atoms with Crippen LogP contribution in [0.25, 0.3) is 87.6 Å². The molecule has 0 N–H and O–H groups in total. The lowest BCUT2D eigenvalue weighted by Gasteiger charge is -2.22. The van der Waals surface area contributed by atoms with E-state index in [0.717, 1.165) is 0 Å². The van der Waals surface area contributed by atoms with Crippen LogP contribution >= 0.6 is 0 Å². The molecule has 0 radical (unpaired) electrons. The molecule has 0 aliphatic heterocycles. The average Bonchev–Trinajstić information content (AvgIpc) is 3.13. The zero-order chi connectivity index (χ0) is 30.5. The van der Waals surface area contributed by atoms with Crippen molar-refractivity contribution < 1.29 is 0 Å². The molecule has 9 rings (SSSR count). The maximum atomic E-state index is 2.32. The molecule has 0 aliphatic carbocycles. The molecule has 0 nitrogen and oxygen atoms in total. The monoisotopic (exact) mass is 582 g/mol. The van der Waals surface area contributed by atoms with Crippen molar-refractivity contribution in [3.8, 4) is 44.5 Å². The van der Waals surface area contributed by atoms with Crippen LogP contribution in [-0.4, -0.2) is 0 Å². The minimum absolute atomic E-state index is 1.22. The van der Waals surface area contributed by atoms with Crippen LogP contribution in [0.4, 0.5) is 0 Å². The van der Waals surface area contributed by atoms with Crippen LogP contribution in [0.2, 0.25) is 0 Å². The van der Waals surface area contributed by atoms with Gasteiger partial charge in [-0.15, -0.1) is 0 Å². The molecule has 9 aromatic carbocycles. The Bertz CT molecular complexity index is 2500. The number of fused-ring (bicyclic) bond motifs is 4. The van der Waals surface area contributed by atoms with E-state index in [9.17, 15) is 0 Å². The van der Waals surface area contributed by atoms with Crippen LogP contribution in [0.15, 0.2) is 182 Å². The highest BCUT2D eigenvalue weighted by Gasteiger charge is 2.22. The predicted molar refractivity (Wildman–Crippen MR) is 198 cm³/mol. The number of hydrogen-bond donors (Lipinski definition) is 0. The van der Waals surface area contributed by atoms with Gasteiger partial charge in [0.05, 0.1) is 0 Å². The highest BCUT2D eigenvalue weighted by Crippen LogP contribution is 2.49. The van der Waals surface area contributed by atoms with E-state index in [1.54, 1.807) is 0 Å². The molecular weight excluding hydrogens is 553 g/mol. The molecule has 0 aliphatic rings. The van der Waals surface area contributed by atoms with E-state index in [1.807, 2.05) is 0 Å². The first-order valence-corrected chi connectivity index (χ1v) is 16.0. The fourth-order valence-electron chi connectivity index (χ4n) is 7.51. The lowest BCUT2D eigenvalue weighted by molar-refractivity contribution is 1.59. The summed E-state index contributed by atoms with van der Waals surface area (Å²) in [7, 11) is 0. The first-order chi connectivity index (χ1) is 22.9. The SMILES string of the molecule is c1ccc(-c2c(-c3cccc4ccccc34)cccc2-c2c3ccccc3c(-c3cccc4ccccc34)c3ccccc23)cc1. The summed E-state index contributed by atoms with van der Waals surface area (Å²) in [6.45, 7) is 0. The highest BCUT2D eigenvalue weighted by atomic mass is 14.2. The maximum absolute atomic E-state index is 2.32. The van der Waals surface area contributed by atoms with Gasteiger partial charge in [0.2, 0.25) is 0 Å². The van der Waals surface area contributed by atoms with Crippen molar-refractivity contribution >= 4 is 43.1 Å². The van der Waals surface area contributed by atoms with Gasteiger partial charge in [-0.1, -0.05) is 182 Å². The Kier molecular flexibility index (Phi) is 6.25. The summed E-state index contributed by atoms with van der Waals surface area (Å²) in [5.41, 5.74) is 10.0. The van der Waals surface area contributed by atoms with Crippen molar-refractivity contribution in [3.63, 3.8) is 0 Å². The summed E-state index contributed by atoms with van der Waals surface area (Å²) in [5, 5.41) is 10.1. The molecule has 0 amide bonds. The largest absolute Gasteiger partial charge is 0.0622 e. The quantitative estimate of drug-likeness (QED) is 0.181. The number of benzene rings is 9. The van der Waals surface area contributed by atoms with Crippen LogP contribution in [0.3, 0.4) is 0 Å². The Morgan fingerprint density at radius 2 is 0.565 bits per heavy atom. The molecule has 46 heavy (non-hydrogen) atoms. The second kappa shape index (κ2) is 10.9. The van der Waals surface area contributed by atoms with Crippen LogP contribution < -0.4 is 0 Å². The second-order valence-corrected chi connectivity index (χ2v) is 12.0. The van der Waals surface area contributed by atoms with Gasteiger partial charge in [0.1, 0.15) is 0 Å². The molecule has 0 heteroatoms. The molecule has 0 saturated carbocycles. The summed E-state index contributed by atoms with van der Waals surface area (Å²) < 4.78 is 0. The Morgan fingerprint density at radius 1 is 0.196 bits per heavy atom. The van der Waals surface area contributed by atoms with Crippen molar-refractivity contribution in [1.82, 2.24) is 0 Å². The van der Waals surface area contributed by atoms with Crippen molar-refractivity contribution in [1.29, 1.82) is 0 Å². The van der Waals surface area contributed by atoms with E-state index in [2.05, 4.69) is 182 Å². The first kappa shape index (κ1) is 26.4. The number of hydrogen-bond acceptors (Lipinski definition) is 0. The van der Waals surface area contributed by atoms with E-state index in [4.69, 9.17) is 0 Å². The van der Waals surface area contributed by atoms with Crippen LogP contribution in [-0.2, 0) is 0 Å². The zero-order valence-corrected chi connectivity index (χ0v) is 25.3. The smallest absolute Gasteiger partial charge is 0.00199 e. The Hall–Kier alpha value is -5.98. The van der Waals surface area contributed by atoms with Gasteiger partial charge in [-0.05, 0) is 87.6 Å². The third-order valence-corrected chi connectivity index (χ3v) is 9.47. The molecular formula is C46H30. The first-order valence-electron chi connectivity index (χ1n) is 16.0. The van der Waals surface area contributed by atoms with Crippen molar-refractivity contribution in [3.05, 3.63) is 182 Å². The summed E-state index contributed by atoms with van der Waals surface area (Å²) >= 11 is 0. The standard InChI is InChI=1S/C46H30/c1-2-17-33(18-3-1)44-38(36-27-12-19-31-15-4-6-21-34(31)36)29-14-30-43(44)46-41-25-10-8-23-39(41)45(40-24-9-11-26-42(40)46)37-28-13-20-32-16-5-7-22-35(32)37/h1-30H. The van der Waals surface area contributed by atoms with E-state index in [1.165, 1.54) is 87.6 Å². The topological polar surface area (TPSA) is 0 Å². The maximum Gasteiger partial charge on any atom is -0.00199 e. The zero-order valence-electron chi connectivity index (χ0n) is 25.3. The lowest BCUT2D eigenvalue weighted by atomic mass is 9.81. The fourth-order valence-corrected chi connectivity index (χ4v) is 7.51. The molecule has 0 bridgehead atoms. The molecule has 214 valence electrons. The minimum Gasteiger partial charge on any atom is -0.0622 e. The summed E-state index contributed by atoms with van der Waals surface area (Å²) in [6.07, 6.45) is 0. The summed E-state index contributed by atoms with van der Waals surface area (Å²) in [4.78, 5) is 0. The van der Waals surface area contributed by atoms with E-state index in [0.29, 0.717) is 0 Å². The fraction of sp³-hybridized carbons (Fsp3) is 0. The Morgan fingerprint density at radius 3 is 1.15 bits per heavy atom. The van der Waals surface area contributed by atoms with E-state index in [-0.39, 0.29) is 0 Å². The van der Waals surface area contributed by atoms with Gasteiger partial charge in [-0.2, -0.15) is 0 Å². The molecule has 0 aromatic heterocycles. The van der Waals surface area contributed by atoms with Crippen molar-refractivity contribution in [2.75, 3.05) is 0 Å². The van der Waals surface area contributed by atoms with Crippen LogP contribution in [0, 0.1) is 0 Å². The van der Waals surface area contributed by atoms with E-state index < -0.39 is 0 Å². The molecule has 0 unspecified atom stereocenters. The molecule has 0 fully saturated rings. The third kappa shape index (κ3) is 4.15. The number of rotatable bonds is 4. The molecule has 0 saturated heterocycles. The molecule has 0 atom stereocenters. The second-order valence-electron chi connectivity index (χ2n) is 12.0. The molecule has 0 spiro atoms. The lowest BCUT2D eigenvalue weighted by Crippen LogP contribution is -1.95. The predicted octanol–water partition coefficient (Wildman–Crippen LogP) is 13.0. The van der Waals surface area contributed by atoms with E-state index >= 15 is 0 Å². The van der Waals surface area contributed by atoms with Gasteiger partial charge < -0.3 is 0 Å². The highest BCUT2D eigenvalue weighted by molar-refractivity contribution is 6.25. The minimum atomic E-state index is 1.22. The van der Waals surface area contributed by atoms with Gasteiger partial charge in [-0.3, -0.25) is 0 Å². The third-order valence-electron chi connectivity index (χ3n) is 9.47. The Balaban J connectivity index is 1.44. The van der Waals surface area contributed by atoms with Crippen molar-refractivity contribution in [2.45, 2.75) is 0 Å². The van der Waals surface area contributed by atoms with Gasteiger partial charge >= 0.3 is 0 Å². The van der Waals surface area contributed by atoms with Gasteiger partial charge in [0.25, 0.3) is 0 Å². The van der Waals surface area contributed by atoms with Crippen LogP contribution in [0.5, 0.6) is 0 Å². The molecule has 0 heterocycles. The normalized spacial score (nSPS) is 11.5. The van der Waals surface area contributed by atoms with Gasteiger partial charge in [-0.25, -0.2) is 0 Å². The average molecular weight is 583 g/mol. The van der Waals surface area contributed by atoms with Gasteiger partial charge in [0.15, 0.2) is 0 Å². The van der Waals surface area contributed by atoms with Gasteiger partial charge in [0, 0.05) is 0 Å². The summed E-state index contributed by atoms with van der Waals surface area (Å²) in [5.74, 6) is 0. The van der Waals surface area contributed by atoms with Crippen LogP contribution in [0.1, 0.15) is 0 Å².